The summed E-state index contributed by atoms with van der Waals surface area (Å²) in [6.07, 6.45) is 8.05. The van der Waals surface area contributed by atoms with Gasteiger partial charge in [0.25, 0.3) is 0 Å². The number of hydrogen-bond acceptors (Lipinski definition) is 1. The molecule has 1 atom stereocenters. The zero-order chi connectivity index (χ0) is 13.7. The van der Waals surface area contributed by atoms with E-state index in [1.165, 1.54) is 44.1 Å². The van der Waals surface area contributed by atoms with Gasteiger partial charge in [0.15, 0.2) is 0 Å². The van der Waals surface area contributed by atoms with Gasteiger partial charge in [-0.15, -0.1) is 0 Å². The quantitative estimate of drug-likeness (QED) is 0.694. The molecule has 0 aliphatic heterocycles. The van der Waals surface area contributed by atoms with Crippen LogP contribution < -0.4 is 5.32 Å². The maximum absolute atomic E-state index is 3.79. The van der Waals surface area contributed by atoms with E-state index in [0.29, 0.717) is 6.04 Å². The molecule has 1 unspecified atom stereocenters. The summed E-state index contributed by atoms with van der Waals surface area (Å²) in [7, 11) is 0. The summed E-state index contributed by atoms with van der Waals surface area (Å²) in [6, 6.07) is 10.3. The molecule has 0 amide bonds. The van der Waals surface area contributed by atoms with Gasteiger partial charge in [0.1, 0.15) is 0 Å². The van der Waals surface area contributed by atoms with Gasteiger partial charge in [-0.2, -0.15) is 0 Å². The highest BCUT2D eigenvalue weighted by Gasteiger charge is 2.31. The number of nitrogens with one attached hydrogen (secondary N) is 1. The lowest BCUT2D eigenvalue weighted by molar-refractivity contribution is 0.263. The van der Waals surface area contributed by atoms with Gasteiger partial charge in [0, 0.05) is 12.1 Å². The second kappa shape index (κ2) is 7.09. The SMILES string of the molecule is CCCCCC(C)NC1CC(c2ccccc2C)C1. The monoisotopic (exact) mass is 259 g/mol. The Hall–Kier alpha value is -0.820. The van der Waals surface area contributed by atoms with Crippen molar-refractivity contribution < 1.29 is 0 Å². The van der Waals surface area contributed by atoms with Crippen molar-refractivity contribution in [2.75, 3.05) is 0 Å². The van der Waals surface area contributed by atoms with E-state index in [0.717, 1.165) is 12.0 Å². The lowest BCUT2D eigenvalue weighted by atomic mass is 9.74. The third kappa shape index (κ3) is 4.07. The number of aryl methyl sites for hydroxylation is 1. The van der Waals surface area contributed by atoms with Crippen molar-refractivity contribution in [2.24, 2.45) is 0 Å². The highest BCUT2D eigenvalue weighted by molar-refractivity contribution is 5.31. The van der Waals surface area contributed by atoms with Crippen molar-refractivity contribution in [3.8, 4) is 0 Å². The maximum Gasteiger partial charge on any atom is 0.00812 e. The van der Waals surface area contributed by atoms with Crippen molar-refractivity contribution in [3.63, 3.8) is 0 Å². The summed E-state index contributed by atoms with van der Waals surface area (Å²) in [5.74, 6) is 0.793. The van der Waals surface area contributed by atoms with Crippen LogP contribution in [-0.2, 0) is 0 Å². The molecule has 2 rings (SSSR count). The Morgan fingerprint density at radius 1 is 1.21 bits per heavy atom. The fourth-order valence-corrected chi connectivity index (χ4v) is 3.24. The number of rotatable bonds is 7. The Kier molecular flexibility index (Phi) is 5.45. The topological polar surface area (TPSA) is 12.0 Å². The zero-order valence-electron chi connectivity index (χ0n) is 12.8. The Labute approximate surface area is 118 Å². The molecule has 1 nitrogen and oxygen atoms in total. The maximum atomic E-state index is 3.79. The Bertz CT molecular complexity index is 379. The third-order valence-corrected chi connectivity index (χ3v) is 4.53. The van der Waals surface area contributed by atoms with Gasteiger partial charge in [0.2, 0.25) is 0 Å². The first-order valence-electron chi connectivity index (χ1n) is 8.02. The largest absolute Gasteiger partial charge is 0.311 e. The molecule has 0 bridgehead atoms. The summed E-state index contributed by atoms with van der Waals surface area (Å²) >= 11 is 0. The minimum Gasteiger partial charge on any atom is -0.311 e. The normalized spacial score (nSPS) is 23.9. The molecule has 0 heterocycles. The summed E-state index contributed by atoms with van der Waals surface area (Å²) < 4.78 is 0. The molecule has 106 valence electrons. The molecule has 0 radical (unpaired) electrons. The molecule has 1 aliphatic carbocycles. The van der Waals surface area contributed by atoms with Crippen molar-refractivity contribution in [1.29, 1.82) is 0 Å². The van der Waals surface area contributed by atoms with Crippen molar-refractivity contribution in [3.05, 3.63) is 35.4 Å². The molecule has 1 aliphatic rings. The van der Waals surface area contributed by atoms with Crippen LogP contribution >= 0.6 is 0 Å². The van der Waals surface area contributed by atoms with Gasteiger partial charge in [-0.1, -0.05) is 50.5 Å². The molecule has 1 aromatic rings. The average molecular weight is 259 g/mol. The molecule has 0 saturated heterocycles. The van der Waals surface area contributed by atoms with Crippen LogP contribution in [0.1, 0.15) is 69.4 Å². The first-order valence-corrected chi connectivity index (χ1v) is 8.02. The molecule has 1 fully saturated rings. The molecule has 1 N–H and O–H groups in total. The molecule has 0 aromatic heterocycles. The average Bonchev–Trinajstić information content (AvgIpc) is 2.35. The summed E-state index contributed by atoms with van der Waals surface area (Å²) in [4.78, 5) is 0. The van der Waals surface area contributed by atoms with E-state index in [2.05, 4.69) is 50.4 Å². The van der Waals surface area contributed by atoms with E-state index in [1.54, 1.807) is 5.56 Å². The first kappa shape index (κ1) is 14.6. The van der Waals surface area contributed by atoms with Gasteiger partial charge in [-0.3, -0.25) is 0 Å². The molecule has 1 heteroatoms. The van der Waals surface area contributed by atoms with E-state index in [-0.39, 0.29) is 0 Å². The highest BCUT2D eigenvalue weighted by atomic mass is 15.0. The third-order valence-electron chi connectivity index (χ3n) is 4.53. The van der Waals surface area contributed by atoms with Crippen LogP contribution in [0.3, 0.4) is 0 Å². The molecule has 0 spiro atoms. The molecular formula is C18H29N. The van der Waals surface area contributed by atoms with E-state index in [9.17, 15) is 0 Å². The van der Waals surface area contributed by atoms with Crippen molar-refractivity contribution >= 4 is 0 Å². The van der Waals surface area contributed by atoms with Crippen LogP contribution in [0.15, 0.2) is 24.3 Å². The second-order valence-corrected chi connectivity index (χ2v) is 6.29. The minimum atomic E-state index is 0.689. The van der Waals surface area contributed by atoms with Gasteiger partial charge in [-0.05, 0) is 50.2 Å². The number of benzene rings is 1. The molecule has 1 aromatic carbocycles. The Balaban J connectivity index is 1.70. The van der Waals surface area contributed by atoms with Crippen LogP contribution in [0.25, 0.3) is 0 Å². The molecular weight excluding hydrogens is 230 g/mol. The van der Waals surface area contributed by atoms with Crippen LogP contribution in [0, 0.1) is 6.92 Å². The lowest BCUT2D eigenvalue weighted by Gasteiger charge is -2.39. The van der Waals surface area contributed by atoms with Crippen LogP contribution in [0.5, 0.6) is 0 Å². The number of unbranched alkanes of at least 4 members (excludes halogenated alkanes) is 2. The number of hydrogen-bond donors (Lipinski definition) is 1. The predicted molar refractivity (Wildman–Crippen MR) is 83.7 cm³/mol. The van der Waals surface area contributed by atoms with Gasteiger partial charge in [0.05, 0.1) is 0 Å². The minimum absolute atomic E-state index is 0.689. The summed E-state index contributed by atoms with van der Waals surface area (Å²) in [5.41, 5.74) is 3.03. The Morgan fingerprint density at radius 3 is 2.63 bits per heavy atom. The van der Waals surface area contributed by atoms with E-state index >= 15 is 0 Å². The predicted octanol–water partition coefficient (Wildman–Crippen LogP) is 4.80. The van der Waals surface area contributed by atoms with Gasteiger partial charge < -0.3 is 5.32 Å². The van der Waals surface area contributed by atoms with Crippen molar-refractivity contribution in [1.82, 2.24) is 5.32 Å². The van der Waals surface area contributed by atoms with E-state index < -0.39 is 0 Å². The molecule has 1 saturated carbocycles. The summed E-state index contributed by atoms with van der Waals surface area (Å²) in [6.45, 7) is 6.86. The first-order chi connectivity index (χ1) is 9.20. The van der Waals surface area contributed by atoms with Crippen molar-refractivity contribution in [2.45, 2.75) is 77.3 Å². The van der Waals surface area contributed by atoms with E-state index in [4.69, 9.17) is 0 Å². The lowest BCUT2D eigenvalue weighted by Crippen LogP contribution is -2.44. The summed E-state index contributed by atoms with van der Waals surface area (Å²) in [5, 5.41) is 3.79. The van der Waals surface area contributed by atoms with Gasteiger partial charge >= 0.3 is 0 Å². The van der Waals surface area contributed by atoms with Crippen LogP contribution in [0.4, 0.5) is 0 Å². The van der Waals surface area contributed by atoms with Gasteiger partial charge in [-0.25, -0.2) is 0 Å². The Morgan fingerprint density at radius 2 is 1.95 bits per heavy atom. The van der Waals surface area contributed by atoms with Crippen LogP contribution in [-0.4, -0.2) is 12.1 Å². The fourth-order valence-electron chi connectivity index (χ4n) is 3.24. The second-order valence-electron chi connectivity index (χ2n) is 6.29. The highest BCUT2D eigenvalue weighted by Crippen LogP contribution is 2.38. The smallest absolute Gasteiger partial charge is 0.00812 e. The van der Waals surface area contributed by atoms with Crippen LogP contribution in [0.2, 0.25) is 0 Å². The van der Waals surface area contributed by atoms with E-state index in [1.807, 2.05) is 0 Å². The fraction of sp³-hybridized carbons (Fsp3) is 0.667. The molecule has 19 heavy (non-hydrogen) atoms. The standard InChI is InChI=1S/C18H29N/c1-4-5-6-10-15(3)19-17-12-16(13-17)18-11-8-7-9-14(18)2/h7-9,11,15-17,19H,4-6,10,12-13H2,1-3H3. The zero-order valence-corrected chi connectivity index (χ0v) is 12.8.